The van der Waals surface area contributed by atoms with Crippen LogP contribution in [0.2, 0.25) is 0 Å². The van der Waals surface area contributed by atoms with E-state index in [0.29, 0.717) is 12.5 Å². The molecule has 3 atom stereocenters. The normalized spacial score (nSPS) is 26.1. The van der Waals surface area contributed by atoms with Crippen LogP contribution in [0.15, 0.2) is 66.7 Å². The van der Waals surface area contributed by atoms with Gasteiger partial charge in [-0.2, -0.15) is 0 Å². The first-order valence-corrected chi connectivity index (χ1v) is 10.9. The molecule has 154 valence electrons. The van der Waals surface area contributed by atoms with Gasteiger partial charge in [0.05, 0.1) is 12.1 Å². The first-order chi connectivity index (χ1) is 14.6. The number of aliphatic hydroxyl groups excluding tert-OH is 1. The molecule has 0 aliphatic heterocycles. The maximum Gasteiger partial charge on any atom is 0.223 e. The van der Waals surface area contributed by atoms with Crippen LogP contribution >= 0.6 is 0 Å². The molecule has 3 N–H and O–H groups in total. The Balaban J connectivity index is 1.18. The Hall–Kier alpha value is -2.69. The van der Waals surface area contributed by atoms with E-state index in [1.165, 1.54) is 16.3 Å². The van der Waals surface area contributed by atoms with Gasteiger partial charge in [0.25, 0.3) is 0 Å². The molecular weight excluding hydrogens is 372 g/mol. The molecule has 1 fully saturated rings. The summed E-state index contributed by atoms with van der Waals surface area (Å²) in [5, 5.41) is 19.7. The zero-order chi connectivity index (χ0) is 20.7. The molecule has 5 rings (SSSR count). The third-order valence-corrected chi connectivity index (χ3v) is 6.79. The topological polar surface area (TPSA) is 61.4 Å². The van der Waals surface area contributed by atoms with Crippen molar-refractivity contribution in [3.05, 3.63) is 83.4 Å². The fourth-order valence-corrected chi connectivity index (χ4v) is 5.06. The van der Waals surface area contributed by atoms with Crippen molar-refractivity contribution in [2.75, 3.05) is 0 Å². The third-order valence-electron chi connectivity index (χ3n) is 6.79. The van der Waals surface area contributed by atoms with Crippen LogP contribution in [0.1, 0.15) is 48.5 Å². The van der Waals surface area contributed by atoms with Crippen LogP contribution in [-0.2, 0) is 11.2 Å². The molecule has 1 unspecified atom stereocenters. The van der Waals surface area contributed by atoms with E-state index >= 15 is 0 Å². The minimum Gasteiger partial charge on any atom is -0.390 e. The van der Waals surface area contributed by atoms with Crippen LogP contribution < -0.4 is 10.6 Å². The Morgan fingerprint density at radius 1 is 1.00 bits per heavy atom. The van der Waals surface area contributed by atoms with Gasteiger partial charge in [0, 0.05) is 24.4 Å². The molecule has 0 saturated heterocycles. The van der Waals surface area contributed by atoms with Crippen molar-refractivity contribution in [2.24, 2.45) is 5.92 Å². The highest BCUT2D eigenvalue weighted by Crippen LogP contribution is 2.35. The van der Waals surface area contributed by atoms with E-state index in [0.717, 1.165) is 24.0 Å². The SMILES string of the molecule is CC(NC1CC(C(=O)N[C@H]2c3ccccc3C[C@H]2O)C1)c1cccc2ccccc12. The maximum atomic E-state index is 12.8. The number of hydrogen-bond donors (Lipinski definition) is 3. The van der Waals surface area contributed by atoms with Gasteiger partial charge in [0.15, 0.2) is 0 Å². The molecule has 3 aromatic rings. The highest BCUT2D eigenvalue weighted by Gasteiger charge is 2.38. The summed E-state index contributed by atoms with van der Waals surface area (Å²) < 4.78 is 0. The number of nitrogens with one attached hydrogen (secondary N) is 2. The van der Waals surface area contributed by atoms with Gasteiger partial charge in [-0.3, -0.25) is 4.79 Å². The van der Waals surface area contributed by atoms with Crippen LogP contribution in [0.3, 0.4) is 0 Å². The molecule has 0 aromatic heterocycles. The molecule has 1 saturated carbocycles. The lowest BCUT2D eigenvalue weighted by Crippen LogP contribution is -2.49. The van der Waals surface area contributed by atoms with Crippen molar-refractivity contribution in [3.8, 4) is 0 Å². The molecule has 1 amide bonds. The van der Waals surface area contributed by atoms with Gasteiger partial charge in [-0.15, -0.1) is 0 Å². The first-order valence-electron chi connectivity index (χ1n) is 10.9. The molecule has 0 spiro atoms. The van der Waals surface area contributed by atoms with Gasteiger partial charge < -0.3 is 15.7 Å². The largest absolute Gasteiger partial charge is 0.390 e. The van der Waals surface area contributed by atoms with Crippen molar-refractivity contribution in [1.29, 1.82) is 0 Å². The van der Waals surface area contributed by atoms with Gasteiger partial charge in [0.1, 0.15) is 0 Å². The zero-order valence-corrected chi connectivity index (χ0v) is 17.2. The van der Waals surface area contributed by atoms with Crippen molar-refractivity contribution >= 4 is 16.7 Å². The third kappa shape index (κ3) is 3.51. The fraction of sp³-hybridized carbons (Fsp3) is 0.346. The lowest BCUT2D eigenvalue weighted by molar-refractivity contribution is -0.129. The van der Waals surface area contributed by atoms with E-state index in [9.17, 15) is 9.90 Å². The molecule has 4 heteroatoms. The zero-order valence-electron chi connectivity index (χ0n) is 17.2. The summed E-state index contributed by atoms with van der Waals surface area (Å²) in [5.74, 6) is 0.0776. The van der Waals surface area contributed by atoms with Crippen LogP contribution in [0.25, 0.3) is 10.8 Å². The number of amides is 1. The van der Waals surface area contributed by atoms with Gasteiger partial charge >= 0.3 is 0 Å². The Labute approximate surface area is 177 Å². The molecule has 3 aromatic carbocycles. The average molecular weight is 401 g/mol. The number of benzene rings is 3. The Morgan fingerprint density at radius 2 is 1.73 bits per heavy atom. The Morgan fingerprint density at radius 3 is 2.60 bits per heavy atom. The van der Waals surface area contributed by atoms with Crippen molar-refractivity contribution in [2.45, 2.75) is 50.4 Å². The summed E-state index contributed by atoms with van der Waals surface area (Å²) in [6.07, 6.45) is 1.75. The highest BCUT2D eigenvalue weighted by atomic mass is 16.3. The summed E-state index contributed by atoms with van der Waals surface area (Å²) in [4.78, 5) is 12.8. The van der Waals surface area contributed by atoms with Crippen LogP contribution in [0.4, 0.5) is 0 Å². The minimum absolute atomic E-state index is 0.0159. The van der Waals surface area contributed by atoms with E-state index < -0.39 is 6.10 Å². The second-order valence-electron chi connectivity index (χ2n) is 8.78. The van der Waals surface area contributed by atoms with Crippen molar-refractivity contribution in [1.82, 2.24) is 10.6 Å². The van der Waals surface area contributed by atoms with E-state index in [-0.39, 0.29) is 23.9 Å². The quantitative estimate of drug-likeness (QED) is 0.606. The number of carbonyl (C=O) groups is 1. The van der Waals surface area contributed by atoms with Crippen LogP contribution in [0, 0.1) is 5.92 Å². The standard InChI is InChI=1S/C26H28N2O2/c1-16(21-12-6-9-17-7-2-4-10-22(17)21)27-20-13-19(14-20)26(30)28-25-23-11-5-3-8-18(23)15-24(25)29/h2-12,16,19-20,24-25,27,29H,13-15H2,1H3,(H,28,30)/t16?,19?,20?,24-,25+/m1/s1. The summed E-state index contributed by atoms with van der Waals surface area (Å²) in [5.41, 5.74) is 3.48. The monoisotopic (exact) mass is 400 g/mol. The van der Waals surface area contributed by atoms with E-state index in [1.54, 1.807) is 0 Å². The molecule has 2 aliphatic rings. The lowest BCUT2D eigenvalue weighted by Gasteiger charge is -2.38. The lowest BCUT2D eigenvalue weighted by atomic mass is 9.78. The van der Waals surface area contributed by atoms with Crippen LogP contribution in [0.5, 0.6) is 0 Å². The van der Waals surface area contributed by atoms with Crippen molar-refractivity contribution in [3.63, 3.8) is 0 Å². The molecule has 0 radical (unpaired) electrons. The first kappa shape index (κ1) is 19.3. The Bertz CT molecular complexity index is 1070. The van der Waals surface area contributed by atoms with E-state index in [4.69, 9.17) is 0 Å². The number of aliphatic hydroxyl groups is 1. The second kappa shape index (κ2) is 7.86. The molecule has 0 bridgehead atoms. The summed E-state index contributed by atoms with van der Waals surface area (Å²) in [7, 11) is 0. The Kier molecular flexibility index (Phi) is 5.05. The van der Waals surface area contributed by atoms with Gasteiger partial charge in [-0.25, -0.2) is 0 Å². The fourth-order valence-electron chi connectivity index (χ4n) is 5.06. The molecule has 30 heavy (non-hydrogen) atoms. The molecule has 4 nitrogen and oxygen atoms in total. The van der Waals surface area contributed by atoms with Crippen molar-refractivity contribution < 1.29 is 9.90 Å². The second-order valence-corrected chi connectivity index (χ2v) is 8.78. The number of hydrogen-bond acceptors (Lipinski definition) is 3. The van der Waals surface area contributed by atoms with E-state index in [2.05, 4.69) is 60.0 Å². The van der Waals surface area contributed by atoms with Gasteiger partial charge in [-0.05, 0) is 47.2 Å². The number of rotatable bonds is 5. The maximum absolute atomic E-state index is 12.8. The summed E-state index contributed by atoms with van der Waals surface area (Å²) >= 11 is 0. The van der Waals surface area contributed by atoms with Gasteiger partial charge in [0.2, 0.25) is 5.91 Å². The smallest absolute Gasteiger partial charge is 0.223 e. The summed E-state index contributed by atoms with van der Waals surface area (Å²) in [6.45, 7) is 2.20. The molecule has 0 heterocycles. The average Bonchev–Trinajstić information content (AvgIpc) is 3.04. The molecular formula is C26H28N2O2. The number of fused-ring (bicyclic) bond motifs is 2. The minimum atomic E-state index is -0.535. The number of carbonyl (C=O) groups excluding carboxylic acids is 1. The van der Waals surface area contributed by atoms with E-state index in [1.807, 2.05) is 24.3 Å². The van der Waals surface area contributed by atoms with Gasteiger partial charge in [-0.1, -0.05) is 66.7 Å². The molecule has 2 aliphatic carbocycles. The van der Waals surface area contributed by atoms with Crippen LogP contribution in [-0.4, -0.2) is 23.2 Å². The highest BCUT2D eigenvalue weighted by molar-refractivity contribution is 5.86. The predicted molar refractivity (Wildman–Crippen MR) is 119 cm³/mol. The summed E-state index contributed by atoms with van der Waals surface area (Å²) in [6, 6.07) is 23.2. The predicted octanol–water partition coefficient (Wildman–Crippen LogP) is 4.04.